The van der Waals surface area contributed by atoms with Crippen molar-refractivity contribution in [2.45, 2.75) is 12.3 Å². The topological polar surface area (TPSA) is 44.1 Å². The van der Waals surface area contributed by atoms with Gasteiger partial charge in [-0.25, -0.2) is 14.2 Å². The Hall–Kier alpha value is -1.86. The Morgan fingerprint density at radius 2 is 2.12 bits per heavy atom. The summed E-state index contributed by atoms with van der Waals surface area (Å²) in [5.74, 6) is 0.254. The fourth-order valence-corrected chi connectivity index (χ4v) is 3.19. The minimum atomic E-state index is -0.586. The zero-order chi connectivity index (χ0) is 17.1. The molecule has 0 fully saturated rings. The van der Waals surface area contributed by atoms with Crippen LogP contribution >= 0.6 is 27.7 Å². The first-order valence-electron chi connectivity index (χ1n) is 7.17. The molecule has 4 nitrogen and oxygen atoms in total. The van der Waals surface area contributed by atoms with E-state index in [0.29, 0.717) is 10.2 Å². The first-order chi connectivity index (χ1) is 11.6. The minimum absolute atomic E-state index is 0.0219. The number of halogens is 2. The molecule has 0 radical (unpaired) electrons. The largest absolute Gasteiger partial charge is 0.422 e. The molecule has 0 aliphatic heterocycles. The molecule has 0 saturated carbocycles. The van der Waals surface area contributed by atoms with Crippen LogP contribution in [0.4, 0.5) is 4.39 Å². The molecule has 0 aliphatic carbocycles. The van der Waals surface area contributed by atoms with Gasteiger partial charge >= 0.3 is 5.97 Å². The quantitative estimate of drug-likeness (QED) is 0.463. The normalized spacial score (nSPS) is 11.0. The zero-order valence-electron chi connectivity index (χ0n) is 12.8. The van der Waals surface area contributed by atoms with Crippen molar-refractivity contribution in [3.05, 3.63) is 58.6 Å². The average Bonchev–Trinajstić information content (AvgIpc) is 2.88. The number of para-hydroxylation sites is 2. The summed E-state index contributed by atoms with van der Waals surface area (Å²) in [6.07, 6.45) is 1.97. The van der Waals surface area contributed by atoms with Crippen molar-refractivity contribution in [2.24, 2.45) is 0 Å². The highest BCUT2D eigenvalue weighted by Gasteiger charge is 2.16. The molecule has 0 saturated heterocycles. The van der Waals surface area contributed by atoms with Crippen LogP contribution in [0.25, 0.3) is 11.0 Å². The third-order valence-corrected chi connectivity index (χ3v) is 4.45. The van der Waals surface area contributed by atoms with Gasteiger partial charge in [0.2, 0.25) is 0 Å². The second-order valence-electron chi connectivity index (χ2n) is 5.08. The number of thioether (sulfide) groups is 1. The van der Waals surface area contributed by atoms with Crippen LogP contribution in [-0.4, -0.2) is 21.8 Å². The first kappa shape index (κ1) is 17.0. The Morgan fingerprint density at radius 1 is 1.33 bits per heavy atom. The molecule has 7 heteroatoms. The van der Waals surface area contributed by atoms with Gasteiger partial charge in [0.25, 0.3) is 0 Å². The van der Waals surface area contributed by atoms with E-state index in [9.17, 15) is 9.18 Å². The third-order valence-electron chi connectivity index (χ3n) is 3.41. The van der Waals surface area contributed by atoms with Crippen LogP contribution < -0.4 is 4.74 Å². The molecular formula is C17H14BrFN2O2S. The van der Waals surface area contributed by atoms with Crippen molar-refractivity contribution >= 4 is 44.7 Å². The first-order valence-corrected chi connectivity index (χ1v) is 9.36. The number of fused-ring (bicyclic) bond motifs is 1. The van der Waals surface area contributed by atoms with Gasteiger partial charge in [0.15, 0.2) is 11.6 Å². The Morgan fingerprint density at radius 3 is 2.88 bits per heavy atom. The summed E-state index contributed by atoms with van der Waals surface area (Å²) in [5.41, 5.74) is 1.68. The number of nitrogens with zero attached hydrogens (tertiary/aromatic N) is 2. The number of aromatic nitrogens is 2. The molecular weight excluding hydrogens is 395 g/mol. The lowest BCUT2D eigenvalue weighted by Crippen LogP contribution is -2.18. The monoisotopic (exact) mass is 408 g/mol. The number of esters is 1. The standard InChI is InChI=1S/C17H14BrFN2O2S/c1-24-10-16-20-13-4-2-3-5-14(13)21(16)9-17(22)23-15-7-6-11(18)8-12(15)19/h2-8H,9-10H2,1H3. The van der Waals surface area contributed by atoms with Gasteiger partial charge in [-0.2, -0.15) is 11.8 Å². The van der Waals surface area contributed by atoms with E-state index < -0.39 is 11.8 Å². The van der Waals surface area contributed by atoms with Crippen molar-refractivity contribution in [2.75, 3.05) is 6.26 Å². The SMILES string of the molecule is CSCc1nc2ccccc2n1CC(=O)Oc1ccc(Br)cc1F. The van der Waals surface area contributed by atoms with Gasteiger partial charge in [-0.1, -0.05) is 28.1 Å². The number of imidazole rings is 1. The van der Waals surface area contributed by atoms with Crippen molar-refractivity contribution in [3.8, 4) is 5.75 Å². The van der Waals surface area contributed by atoms with Crippen molar-refractivity contribution in [1.82, 2.24) is 9.55 Å². The van der Waals surface area contributed by atoms with Crippen molar-refractivity contribution in [3.63, 3.8) is 0 Å². The molecule has 2 aromatic carbocycles. The number of carbonyl (C=O) groups excluding carboxylic acids is 1. The highest BCUT2D eigenvalue weighted by molar-refractivity contribution is 9.10. The van der Waals surface area contributed by atoms with Crippen molar-refractivity contribution in [1.29, 1.82) is 0 Å². The molecule has 124 valence electrons. The van der Waals surface area contributed by atoms with Crippen LogP contribution in [0.3, 0.4) is 0 Å². The van der Waals surface area contributed by atoms with Gasteiger partial charge in [0, 0.05) is 4.47 Å². The van der Waals surface area contributed by atoms with Crippen molar-refractivity contribution < 1.29 is 13.9 Å². The Kier molecular flexibility index (Phi) is 5.20. The summed E-state index contributed by atoms with van der Waals surface area (Å²) in [4.78, 5) is 16.8. The van der Waals surface area contributed by atoms with E-state index in [1.807, 2.05) is 35.1 Å². The summed E-state index contributed by atoms with van der Waals surface area (Å²) < 4.78 is 21.4. The molecule has 0 N–H and O–H groups in total. The Bertz CT molecular complexity index is 897. The van der Waals surface area contributed by atoms with E-state index in [1.54, 1.807) is 17.8 Å². The molecule has 1 heterocycles. The second-order valence-corrected chi connectivity index (χ2v) is 6.87. The fraction of sp³-hybridized carbons (Fsp3) is 0.176. The molecule has 0 amide bonds. The molecule has 3 aromatic rings. The summed E-state index contributed by atoms with van der Waals surface area (Å²) in [6, 6.07) is 11.9. The second kappa shape index (κ2) is 7.36. The smallest absolute Gasteiger partial charge is 0.331 e. The van der Waals surface area contributed by atoms with E-state index in [-0.39, 0.29) is 12.3 Å². The summed E-state index contributed by atoms with van der Waals surface area (Å²) in [5, 5.41) is 0. The lowest BCUT2D eigenvalue weighted by Gasteiger charge is -2.09. The highest BCUT2D eigenvalue weighted by atomic mass is 79.9. The van der Waals surface area contributed by atoms with Gasteiger partial charge in [0.1, 0.15) is 12.4 Å². The van der Waals surface area contributed by atoms with Gasteiger partial charge in [-0.3, -0.25) is 0 Å². The van der Waals surface area contributed by atoms with E-state index in [0.717, 1.165) is 16.9 Å². The zero-order valence-corrected chi connectivity index (χ0v) is 15.2. The molecule has 0 spiro atoms. The maximum atomic E-state index is 13.8. The van der Waals surface area contributed by atoms with Crippen LogP contribution in [0.1, 0.15) is 5.82 Å². The molecule has 24 heavy (non-hydrogen) atoms. The fourth-order valence-electron chi connectivity index (χ4n) is 2.38. The molecule has 1 aromatic heterocycles. The van der Waals surface area contributed by atoms with E-state index >= 15 is 0 Å². The Labute approximate surface area is 151 Å². The van der Waals surface area contributed by atoms with Crippen LogP contribution in [0.5, 0.6) is 5.75 Å². The van der Waals surface area contributed by atoms with E-state index in [2.05, 4.69) is 20.9 Å². The number of hydrogen-bond acceptors (Lipinski definition) is 4. The maximum Gasteiger partial charge on any atom is 0.331 e. The molecule has 0 unspecified atom stereocenters. The van der Waals surface area contributed by atoms with Gasteiger partial charge in [-0.15, -0.1) is 0 Å². The van der Waals surface area contributed by atoms with Crippen LogP contribution in [0, 0.1) is 5.82 Å². The maximum absolute atomic E-state index is 13.8. The number of benzene rings is 2. The summed E-state index contributed by atoms with van der Waals surface area (Å²) >= 11 is 4.79. The third kappa shape index (κ3) is 3.62. The summed E-state index contributed by atoms with van der Waals surface area (Å²) in [6.45, 7) is -0.0219. The van der Waals surface area contributed by atoms with E-state index in [1.165, 1.54) is 12.1 Å². The van der Waals surface area contributed by atoms with Crippen LogP contribution in [-0.2, 0) is 17.1 Å². The van der Waals surface area contributed by atoms with Gasteiger partial charge < -0.3 is 9.30 Å². The summed E-state index contributed by atoms with van der Waals surface area (Å²) in [7, 11) is 0. The number of hydrogen-bond donors (Lipinski definition) is 0. The number of rotatable bonds is 5. The van der Waals surface area contributed by atoms with Crippen LogP contribution in [0.15, 0.2) is 46.9 Å². The van der Waals surface area contributed by atoms with E-state index in [4.69, 9.17) is 4.74 Å². The lowest BCUT2D eigenvalue weighted by molar-refractivity contribution is -0.135. The molecule has 0 aliphatic rings. The molecule has 3 rings (SSSR count). The van der Waals surface area contributed by atoms with Gasteiger partial charge in [-0.05, 0) is 36.6 Å². The lowest BCUT2D eigenvalue weighted by atomic mass is 10.3. The minimum Gasteiger partial charge on any atom is -0.422 e. The average molecular weight is 409 g/mol. The predicted molar refractivity (Wildman–Crippen MR) is 96.7 cm³/mol. The predicted octanol–water partition coefficient (Wildman–Crippen LogP) is 4.41. The van der Waals surface area contributed by atoms with Crippen LogP contribution in [0.2, 0.25) is 0 Å². The highest BCUT2D eigenvalue weighted by Crippen LogP contribution is 2.23. The number of ether oxygens (including phenoxy) is 1. The molecule has 0 bridgehead atoms. The van der Waals surface area contributed by atoms with Gasteiger partial charge in [0.05, 0.1) is 16.8 Å². The Balaban J connectivity index is 1.85. The molecule has 0 atom stereocenters. The number of carbonyl (C=O) groups is 1.